The van der Waals surface area contributed by atoms with E-state index in [0.29, 0.717) is 18.6 Å². The number of piperidine rings is 1. The third-order valence-corrected chi connectivity index (χ3v) is 7.30. The zero-order valence-electron chi connectivity index (χ0n) is 17.0. The highest BCUT2D eigenvalue weighted by Crippen LogP contribution is 2.40. The van der Waals surface area contributed by atoms with Gasteiger partial charge < -0.3 is 10.2 Å². The van der Waals surface area contributed by atoms with E-state index in [1.54, 1.807) is 0 Å². The van der Waals surface area contributed by atoms with Gasteiger partial charge in [0.1, 0.15) is 5.54 Å². The Balaban J connectivity index is 1.34. The van der Waals surface area contributed by atoms with Crippen LogP contribution < -0.4 is 10.2 Å². The predicted molar refractivity (Wildman–Crippen MR) is 115 cm³/mol. The minimum absolute atomic E-state index is 0.200. The number of carbonyl (C=O) groups excluding carboxylic acids is 1. The van der Waals surface area contributed by atoms with Crippen molar-refractivity contribution in [3.8, 4) is 0 Å². The molecule has 1 saturated carbocycles. The zero-order chi connectivity index (χ0) is 19.7. The standard InChI is InChI=1S/C24H30N4O/c29-23-24(28(18-26-23)19-8-2-1-3-9-19)13-16-27(17-14-24)22-12-5-4-10-20(22)21-11-6-7-15-25-21/h1-3,6-9,11,15,20,22H,4-5,10,12-14,16-18H2,(H,26,29)/t20-,22-/m1/s1. The zero-order valence-corrected chi connectivity index (χ0v) is 17.0. The lowest BCUT2D eigenvalue weighted by molar-refractivity contribution is -0.125. The molecule has 5 rings (SSSR count). The van der Waals surface area contributed by atoms with Crippen molar-refractivity contribution in [1.29, 1.82) is 0 Å². The summed E-state index contributed by atoms with van der Waals surface area (Å²) >= 11 is 0. The van der Waals surface area contributed by atoms with Crippen molar-refractivity contribution >= 4 is 11.6 Å². The molecule has 2 aliphatic heterocycles. The van der Waals surface area contributed by atoms with Crippen LogP contribution in [0.25, 0.3) is 0 Å². The summed E-state index contributed by atoms with van der Waals surface area (Å²) in [5.74, 6) is 0.715. The van der Waals surface area contributed by atoms with E-state index in [9.17, 15) is 4.79 Å². The molecular weight excluding hydrogens is 360 g/mol. The molecule has 1 amide bonds. The minimum atomic E-state index is -0.396. The first-order valence-corrected chi connectivity index (χ1v) is 11.0. The van der Waals surface area contributed by atoms with Gasteiger partial charge >= 0.3 is 0 Å². The van der Waals surface area contributed by atoms with Crippen LogP contribution >= 0.6 is 0 Å². The Kier molecular flexibility index (Phi) is 5.00. The summed E-state index contributed by atoms with van der Waals surface area (Å²) < 4.78 is 0. The van der Waals surface area contributed by atoms with E-state index < -0.39 is 5.54 Å². The van der Waals surface area contributed by atoms with Gasteiger partial charge in [-0.05, 0) is 49.9 Å². The summed E-state index contributed by atoms with van der Waals surface area (Å²) in [6, 6.07) is 17.2. The molecular formula is C24H30N4O. The second-order valence-corrected chi connectivity index (χ2v) is 8.71. The second-order valence-electron chi connectivity index (χ2n) is 8.71. The molecule has 1 spiro atoms. The number of hydrogen-bond donors (Lipinski definition) is 1. The molecule has 1 aliphatic carbocycles. The lowest BCUT2D eigenvalue weighted by atomic mass is 9.78. The third-order valence-electron chi connectivity index (χ3n) is 7.30. The van der Waals surface area contributed by atoms with Gasteiger partial charge in [-0.15, -0.1) is 0 Å². The van der Waals surface area contributed by atoms with Gasteiger partial charge in [0.25, 0.3) is 0 Å². The number of pyridine rings is 1. The van der Waals surface area contributed by atoms with E-state index in [4.69, 9.17) is 0 Å². The number of anilines is 1. The van der Waals surface area contributed by atoms with Gasteiger partial charge in [0.15, 0.2) is 0 Å². The fourth-order valence-electron chi connectivity index (χ4n) is 5.75. The van der Waals surface area contributed by atoms with Gasteiger partial charge in [0.2, 0.25) is 5.91 Å². The molecule has 1 aromatic carbocycles. The van der Waals surface area contributed by atoms with Crippen molar-refractivity contribution in [3.05, 3.63) is 60.4 Å². The molecule has 5 heteroatoms. The Bertz CT molecular complexity index is 832. The highest BCUT2D eigenvalue weighted by atomic mass is 16.2. The summed E-state index contributed by atoms with van der Waals surface area (Å²) in [7, 11) is 0. The molecule has 0 radical (unpaired) electrons. The predicted octanol–water partition coefficient (Wildman–Crippen LogP) is 3.54. The molecule has 0 bridgehead atoms. The number of benzene rings is 1. The monoisotopic (exact) mass is 390 g/mol. The highest BCUT2D eigenvalue weighted by molar-refractivity contribution is 5.93. The summed E-state index contributed by atoms with van der Waals surface area (Å²) in [6.45, 7) is 2.57. The number of nitrogens with zero attached hydrogens (tertiary/aromatic N) is 3. The van der Waals surface area contributed by atoms with Gasteiger partial charge in [0, 0.05) is 42.6 Å². The van der Waals surface area contributed by atoms with E-state index >= 15 is 0 Å². The first-order chi connectivity index (χ1) is 14.3. The van der Waals surface area contributed by atoms with E-state index in [-0.39, 0.29) is 5.91 Å². The van der Waals surface area contributed by atoms with E-state index in [2.05, 4.69) is 56.5 Å². The number of amides is 1. The lowest BCUT2D eigenvalue weighted by Gasteiger charge is -2.48. The molecule has 29 heavy (non-hydrogen) atoms. The van der Waals surface area contributed by atoms with Crippen molar-refractivity contribution in [3.63, 3.8) is 0 Å². The number of hydrogen-bond acceptors (Lipinski definition) is 4. The molecule has 2 atom stereocenters. The average molecular weight is 391 g/mol. The van der Waals surface area contributed by atoms with Crippen molar-refractivity contribution in [2.24, 2.45) is 0 Å². The third kappa shape index (κ3) is 3.31. The molecule has 2 saturated heterocycles. The maximum Gasteiger partial charge on any atom is 0.247 e. The van der Waals surface area contributed by atoms with Crippen LogP contribution in [0.3, 0.4) is 0 Å². The first kappa shape index (κ1) is 18.6. The fraction of sp³-hybridized carbons (Fsp3) is 0.500. The topological polar surface area (TPSA) is 48.5 Å². The van der Waals surface area contributed by atoms with Crippen LogP contribution in [0.5, 0.6) is 0 Å². The van der Waals surface area contributed by atoms with Crippen LogP contribution in [-0.4, -0.2) is 47.1 Å². The summed E-state index contributed by atoms with van der Waals surface area (Å²) in [5, 5.41) is 3.12. The van der Waals surface area contributed by atoms with Gasteiger partial charge in [-0.2, -0.15) is 0 Å². The summed E-state index contributed by atoms with van der Waals surface area (Å²) in [4.78, 5) is 22.6. The number of likely N-dealkylation sites (tertiary alicyclic amines) is 1. The van der Waals surface area contributed by atoms with Crippen molar-refractivity contribution in [1.82, 2.24) is 15.2 Å². The van der Waals surface area contributed by atoms with Gasteiger partial charge in [-0.25, -0.2) is 0 Å². The number of rotatable bonds is 3. The molecule has 152 valence electrons. The van der Waals surface area contributed by atoms with Crippen LogP contribution in [0.1, 0.15) is 50.1 Å². The number of carbonyl (C=O) groups is 1. The molecule has 5 nitrogen and oxygen atoms in total. The normalized spacial score (nSPS) is 27.2. The van der Waals surface area contributed by atoms with Gasteiger partial charge in [0.05, 0.1) is 6.67 Å². The van der Waals surface area contributed by atoms with Crippen LogP contribution in [0.4, 0.5) is 5.69 Å². The lowest BCUT2D eigenvalue weighted by Crippen LogP contribution is -2.58. The Morgan fingerprint density at radius 3 is 2.48 bits per heavy atom. The second kappa shape index (κ2) is 7.79. The van der Waals surface area contributed by atoms with E-state index in [0.717, 1.165) is 31.6 Å². The van der Waals surface area contributed by atoms with Crippen molar-refractivity contribution < 1.29 is 4.79 Å². The molecule has 1 N–H and O–H groups in total. The minimum Gasteiger partial charge on any atom is -0.339 e. The Morgan fingerprint density at radius 2 is 1.72 bits per heavy atom. The number of para-hydroxylation sites is 1. The quantitative estimate of drug-likeness (QED) is 0.871. The van der Waals surface area contributed by atoms with Crippen molar-refractivity contribution in [2.75, 3.05) is 24.7 Å². The summed E-state index contributed by atoms with van der Waals surface area (Å²) in [6.07, 6.45) is 8.75. The molecule has 3 fully saturated rings. The van der Waals surface area contributed by atoms with E-state index in [1.165, 1.54) is 31.4 Å². The van der Waals surface area contributed by atoms with Gasteiger partial charge in [-0.3, -0.25) is 14.7 Å². The van der Waals surface area contributed by atoms with Crippen LogP contribution in [0.15, 0.2) is 54.7 Å². The fourth-order valence-corrected chi connectivity index (χ4v) is 5.75. The van der Waals surface area contributed by atoms with Crippen LogP contribution in [0, 0.1) is 0 Å². The average Bonchev–Trinajstić information content (AvgIpc) is 3.11. The summed E-state index contributed by atoms with van der Waals surface area (Å²) in [5.41, 5.74) is 1.98. The van der Waals surface area contributed by atoms with Crippen molar-refractivity contribution in [2.45, 2.75) is 56.0 Å². The molecule has 3 heterocycles. The van der Waals surface area contributed by atoms with Crippen LogP contribution in [-0.2, 0) is 4.79 Å². The molecule has 2 aromatic rings. The Hall–Kier alpha value is -2.40. The molecule has 0 unspecified atom stereocenters. The number of aromatic nitrogens is 1. The van der Waals surface area contributed by atoms with E-state index in [1.807, 2.05) is 18.3 Å². The molecule has 3 aliphatic rings. The Labute approximate surface area is 173 Å². The highest BCUT2D eigenvalue weighted by Gasteiger charge is 2.51. The molecule has 1 aromatic heterocycles. The SMILES string of the molecule is O=C1NCN(c2ccccc2)C12CCN([C@@H]1CCCC[C@@H]1c1ccccn1)CC2. The Morgan fingerprint density at radius 1 is 0.966 bits per heavy atom. The maximum atomic E-state index is 12.9. The maximum absolute atomic E-state index is 12.9. The largest absolute Gasteiger partial charge is 0.339 e. The number of nitrogens with one attached hydrogen (secondary N) is 1. The van der Waals surface area contributed by atoms with Crippen LogP contribution in [0.2, 0.25) is 0 Å². The van der Waals surface area contributed by atoms with Gasteiger partial charge in [-0.1, -0.05) is 37.1 Å². The first-order valence-electron chi connectivity index (χ1n) is 11.0. The smallest absolute Gasteiger partial charge is 0.247 e.